The number of amides is 5. The van der Waals surface area contributed by atoms with Crippen molar-refractivity contribution in [2.45, 2.75) is 74.7 Å². The lowest BCUT2D eigenvalue weighted by atomic mass is 9.94. The van der Waals surface area contributed by atoms with Crippen molar-refractivity contribution in [2.75, 3.05) is 76.4 Å². The Bertz CT molecular complexity index is 3270. The van der Waals surface area contributed by atoms with Gasteiger partial charge in [0.25, 0.3) is 11.8 Å². The molecule has 8 heterocycles. The highest BCUT2D eigenvalue weighted by Crippen LogP contribution is 2.45. The summed E-state index contributed by atoms with van der Waals surface area (Å²) in [5.74, 6) is -1.14. The first-order chi connectivity index (χ1) is 36.2. The van der Waals surface area contributed by atoms with Crippen LogP contribution in [-0.2, 0) is 19.1 Å². The maximum Gasteiger partial charge on any atom is 0.409 e. The number of carbonyl (C=O) groups excluding carboxylic acids is 5. The highest BCUT2D eigenvalue weighted by molar-refractivity contribution is 6.25. The van der Waals surface area contributed by atoms with E-state index in [1.807, 2.05) is 0 Å². The number of aromatic hydroxyl groups is 1. The Labute approximate surface area is 429 Å². The lowest BCUT2D eigenvalue weighted by molar-refractivity contribution is -0.136. The SMILES string of the molecule is C#Cc1c(F)ccc2cc(O)cc(-c3ncc4c(N5CC6CCC(C5)N6)nc(OC[C@@]56CC[C@@H](COC(=O)N(C)CCOCCNc7cccc8c7C(=O)N(C7CCC(=O)NC7=O)C8=O)N5CC(=C)C6)nc4c3F)c12. The fraction of sp³-hybridized carbons (Fsp3) is 0.407. The van der Waals surface area contributed by atoms with E-state index >= 15 is 8.78 Å². The van der Waals surface area contributed by atoms with E-state index in [9.17, 15) is 29.1 Å². The van der Waals surface area contributed by atoms with E-state index in [1.54, 1.807) is 19.2 Å². The molecule has 5 atom stereocenters. The third kappa shape index (κ3) is 9.10. The van der Waals surface area contributed by atoms with Crippen molar-refractivity contribution in [3.8, 4) is 35.4 Å². The molecule has 2 bridgehead atoms. The number of halogens is 2. The summed E-state index contributed by atoms with van der Waals surface area (Å²) in [5, 5.41) is 20.7. The number of piperidine rings is 1. The van der Waals surface area contributed by atoms with Gasteiger partial charge in [0.2, 0.25) is 11.8 Å². The topological polar surface area (TPSA) is 221 Å². The van der Waals surface area contributed by atoms with Crippen LogP contribution >= 0.6 is 0 Å². The first-order valence-electron chi connectivity index (χ1n) is 25.1. The number of rotatable bonds is 15. The van der Waals surface area contributed by atoms with Crippen LogP contribution in [-0.4, -0.2) is 160 Å². The summed E-state index contributed by atoms with van der Waals surface area (Å²) in [6.07, 6.45) is 10.8. The molecule has 0 aliphatic carbocycles. The average Bonchev–Trinajstić information content (AvgIpc) is 4.11. The van der Waals surface area contributed by atoms with Crippen LogP contribution in [0.2, 0.25) is 0 Å². The number of hydrogen-bond acceptors (Lipinski definition) is 16. The predicted octanol–water partition coefficient (Wildman–Crippen LogP) is 4.89. The number of aromatic nitrogens is 3. The second-order valence-electron chi connectivity index (χ2n) is 20.2. The Hall–Kier alpha value is -7.80. The molecule has 3 aromatic carbocycles. The number of anilines is 2. The Balaban J connectivity index is 0.724. The number of ether oxygens (including phenoxy) is 3. The van der Waals surface area contributed by atoms with Crippen LogP contribution in [0, 0.1) is 24.0 Å². The maximum absolute atomic E-state index is 17.2. The molecule has 75 heavy (non-hydrogen) atoms. The van der Waals surface area contributed by atoms with E-state index in [0.717, 1.165) is 23.3 Å². The number of nitrogens with zero attached hydrogens (tertiary/aromatic N) is 7. The maximum atomic E-state index is 17.2. The molecule has 0 saturated carbocycles. The van der Waals surface area contributed by atoms with Gasteiger partial charge in [-0.05, 0) is 74.2 Å². The largest absolute Gasteiger partial charge is 0.508 e. The van der Waals surface area contributed by atoms with E-state index < -0.39 is 52.9 Å². The molecule has 4 N–H and O–H groups in total. The normalized spacial score (nSPS) is 23.2. The van der Waals surface area contributed by atoms with Gasteiger partial charge in [-0.25, -0.2) is 13.6 Å². The number of fused-ring (bicyclic) bond motifs is 6. The zero-order valence-corrected chi connectivity index (χ0v) is 41.1. The standard InChI is InChI=1S/C54H54F2N10O9/c1-4-35-39(55)11-8-30-20-34(67)21-37(43(30)35)46-45(56)47-38(23-58-46)48(64-25-31-9-10-32(26-64)59-31)62-52(61-47)75-28-54-15-14-33(65(54)24-29(2)22-54)27-74-53(72)63(3)17-19-73-18-16-57-40-7-5-6-36-44(40)51(71)66(50(36)70)41-12-13-42(68)60-49(41)69/h1,5-8,11,20-21,23,31-33,41,57,59,67H,2,9-10,12-19,22,24-28H2,3H3,(H,60,68,69)/t31?,32?,33-,41?,54-/m0/s1. The van der Waals surface area contributed by atoms with Gasteiger partial charge < -0.3 is 39.8 Å². The number of nitrogens with one attached hydrogen (secondary N) is 3. The van der Waals surface area contributed by atoms with Crippen LogP contribution in [0.1, 0.15) is 71.2 Å². The quantitative estimate of drug-likeness (QED) is 0.0475. The van der Waals surface area contributed by atoms with Crippen LogP contribution in [0.4, 0.5) is 25.1 Å². The molecule has 19 nitrogen and oxygen atoms in total. The van der Waals surface area contributed by atoms with Gasteiger partial charge in [-0.15, -0.1) is 6.42 Å². The summed E-state index contributed by atoms with van der Waals surface area (Å²) in [6.45, 7) is 7.29. The highest BCUT2D eigenvalue weighted by atomic mass is 19.1. The molecular formula is C54H54F2N10O9. The second kappa shape index (κ2) is 19.8. The number of carbonyl (C=O) groups is 5. The third-order valence-corrected chi connectivity index (χ3v) is 15.4. The number of benzene rings is 3. The molecule has 21 heteroatoms. The Kier molecular flexibility index (Phi) is 13.0. The monoisotopic (exact) mass is 1020 g/mol. The molecule has 0 spiro atoms. The molecule has 5 aromatic rings. The number of phenols is 1. The molecule has 0 radical (unpaired) electrons. The summed E-state index contributed by atoms with van der Waals surface area (Å²) in [7, 11) is 1.61. The number of likely N-dealkylation sites (N-methyl/N-ethyl adjacent to an activating group) is 1. The van der Waals surface area contributed by atoms with Crippen LogP contribution in [0.15, 0.2) is 60.8 Å². The molecule has 5 saturated heterocycles. The van der Waals surface area contributed by atoms with Crippen LogP contribution < -0.4 is 25.6 Å². The fourth-order valence-corrected chi connectivity index (χ4v) is 11.8. The number of piperazine rings is 1. The van der Waals surface area contributed by atoms with Crippen molar-refractivity contribution in [1.82, 2.24) is 40.3 Å². The molecule has 3 unspecified atom stereocenters. The van der Waals surface area contributed by atoms with Crippen molar-refractivity contribution < 1.29 is 52.1 Å². The Morgan fingerprint density at radius 1 is 1.04 bits per heavy atom. The molecule has 2 aromatic heterocycles. The van der Waals surface area contributed by atoms with Crippen molar-refractivity contribution in [1.29, 1.82) is 0 Å². The lowest BCUT2D eigenvalue weighted by Crippen LogP contribution is -2.54. The molecule has 388 valence electrons. The van der Waals surface area contributed by atoms with Gasteiger partial charge in [-0.2, -0.15) is 9.97 Å². The average molecular weight is 1030 g/mol. The van der Waals surface area contributed by atoms with E-state index in [1.165, 1.54) is 41.4 Å². The Morgan fingerprint density at radius 3 is 2.64 bits per heavy atom. The number of phenolic OH excluding ortho intramolecular Hbond substituents is 1. The van der Waals surface area contributed by atoms with Crippen LogP contribution in [0.25, 0.3) is 32.9 Å². The highest BCUT2D eigenvalue weighted by Gasteiger charge is 2.52. The molecule has 6 aliphatic rings. The minimum absolute atomic E-state index is 0.0232. The molecule has 6 aliphatic heterocycles. The summed E-state index contributed by atoms with van der Waals surface area (Å²) >= 11 is 0. The van der Waals surface area contributed by atoms with Gasteiger partial charge in [0.05, 0.1) is 40.8 Å². The zero-order valence-electron chi connectivity index (χ0n) is 41.1. The summed E-state index contributed by atoms with van der Waals surface area (Å²) in [6, 6.07) is 9.44. The van der Waals surface area contributed by atoms with Crippen molar-refractivity contribution in [3.63, 3.8) is 0 Å². The van der Waals surface area contributed by atoms with Crippen LogP contribution in [0.3, 0.4) is 0 Å². The fourth-order valence-electron chi connectivity index (χ4n) is 11.8. The number of hydrogen-bond donors (Lipinski definition) is 4. The van der Waals surface area contributed by atoms with Gasteiger partial charge >= 0.3 is 12.1 Å². The van der Waals surface area contributed by atoms with Gasteiger partial charge in [0, 0.05) is 87.2 Å². The molecule has 5 fully saturated rings. The number of terminal acetylenes is 1. The number of imide groups is 2. The van der Waals surface area contributed by atoms with E-state index in [2.05, 4.69) is 48.2 Å². The third-order valence-electron chi connectivity index (χ3n) is 15.4. The molecule has 11 rings (SSSR count). The van der Waals surface area contributed by atoms with Crippen molar-refractivity contribution in [2.24, 2.45) is 0 Å². The smallest absolute Gasteiger partial charge is 0.409 e. The molecular weight excluding hydrogens is 971 g/mol. The number of pyridine rings is 1. The minimum atomic E-state index is -1.07. The summed E-state index contributed by atoms with van der Waals surface area (Å²) < 4.78 is 50.5. The van der Waals surface area contributed by atoms with Crippen molar-refractivity contribution >= 4 is 62.9 Å². The summed E-state index contributed by atoms with van der Waals surface area (Å²) in [4.78, 5) is 84.9. The zero-order chi connectivity index (χ0) is 52.3. The summed E-state index contributed by atoms with van der Waals surface area (Å²) in [5.41, 5.74) is 0.984. The first-order valence-corrected chi connectivity index (χ1v) is 25.1. The van der Waals surface area contributed by atoms with Gasteiger partial charge in [0.15, 0.2) is 5.82 Å². The lowest BCUT2D eigenvalue weighted by Gasteiger charge is -2.35. The first kappa shape index (κ1) is 49.4. The van der Waals surface area contributed by atoms with E-state index in [-0.39, 0.29) is 121 Å². The van der Waals surface area contributed by atoms with E-state index in [4.69, 9.17) is 25.6 Å². The predicted molar refractivity (Wildman–Crippen MR) is 270 cm³/mol. The molecule has 5 amide bonds. The Morgan fingerprint density at radius 2 is 1.85 bits per heavy atom. The van der Waals surface area contributed by atoms with Crippen molar-refractivity contribution in [3.05, 3.63) is 89.1 Å². The van der Waals surface area contributed by atoms with Gasteiger partial charge in [-0.1, -0.05) is 30.2 Å². The van der Waals surface area contributed by atoms with E-state index in [0.29, 0.717) is 61.2 Å². The minimum Gasteiger partial charge on any atom is -0.508 e. The van der Waals surface area contributed by atoms with Gasteiger partial charge in [0.1, 0.15) is 47.9 Å². The second-order valence-corrected chi connectivity index (χ2v) is 20.2. The van der Waals surface area contributed by atoms with Gasteiger partial charge in [-0.3, -0.25) is 39.3 Å². The van der Waals surface area contributed by atoms with Crippen LogP contribution in [0.5, 0.6) is 11.8 Å².